The molecule has 0 aliphatic rings. The standard InChI is InChI=1S/C6H3F9O/c1-2-16-6(14,15)4(9,10)3(7,8)5(11,12)13/h2H,1H2. The van der Waals surface area contributed by atoms with Gasteiger partial charge in [0.1, 0.15) is 0 Å². The first-order valence-electron chi connectivity index (χ1n) is 3.30. The van der Waals surface area contributed by atoms with Gasteiger partial charge in [0.05, 0.1) is 6.26 Å². The molecule has 0 radical (unpaired) electrons. The van der Waals surface area contributed by atoms with Gasteiger partial charge in [0, 0.05) is 0 Å². The Labute approximate surface area is 82.5 Å². The van der Waals surface area contributed by atoms with E-state index in [0.29, 0.717) is 0 Å². The van der Waals surface area contributed by atoms with Gasteiger partial charge in [-0.25, -0.2) is 0 Å². The molecule has 0 amide bonds. The Morgan fingerprint density at radius 2 is 1.12 bits per heavy atom. The minimum absolute atomic E-state index is 0.375. The molecule has 0 aromatic heterocycles. The summed E-state index contributed by atoms with van der Waals surface area (Å²) >= 11 is 0. The predicted octanol–water partition coefficient (Wildman–Crippen LogP) is 3.57. The van der Waals surface area contributed by atoms with Crippen molar-refractivity contribution in [3.63, 3.8) is 0 Å². The monoisotopic (exact) mass is 262 g/mol. The molecule has 0 saturated carbocycles. The fraction of sp³-hybridized carbons (Fsp3) is 0.667. The number of hydrogen-bond donors (Lipinski definition) is 0. The molecular weight excluding hydrogens is 259 g/mol. The number of hydrogen-bond acceptors (Lipinski definition) is 1. The second kappa shape index (κ2) is 3.74. The first kappa shape index (κ1) is 14.9. The number of alkyl halides is 9. The molecule has 0 saturated heterocycles. The van der Waals surface area contributed by atoms with Crippen molar-refractivity contribution in [3.8, 4) is 0 Å². The number of halogens is 9. The van der Waals surface area contributed by atoms with Crippen LogP contribution in [0.1, 0.15) is 0 Å². The summed E-state index contributed by atoms with van der Waals surface area (Å²) in [6.45, 7) is 2.34. The summed E-state index contributed by atoms with van der Waals surface area (Å²) < 4.78 is 110. The van der Waals surface area contributed by atoms with Crippen LogP contribution in [0.3, 0.4) is 0 Å². The van der Waals surface area contributed by atoms with Crippen molar-refractivity contribution in [2.24, 2.45) is 0 Å². The van der Waals surface area contributed by atoms with E-state index in [0.717, 1.165) is 0 Å². The largest absolute Gasteiger partial charge is 0.470 e. The van der Waals surface area contributed by atoms with Gasteiger partial charge in [-0.3, -0.25) is 0 Å². The minimum Gasteiger partial charge on any atom is -0.436 e. The molecule has 10 heteroatoms. The second-order valence-electron chi connectivity index (χ2n) is 2.45. The molecule has 0 rings (SSSR count). The molecule has 0 spiro atoms. The predicted molar refractivity (Wildman–Crippen MR) is 32.2 cm³/mol. The van der Waals surface area contributed by atoms with Gasteiger partial charge in [-0.05, 0) is 0 Å². The smallest absolute Gasteiger partial charge is 0.436 e. The molecule has 0 aliphatic heterocycles. The molecule has 0 unspecified atom stereocenters. The molecule has 0 N–H and O–H groups in total. The average molecular weight is 262 g/mol. The van der Waals surface area contributed by atoms with Crippen LogP contribution in [0.5, 0.6) is 0 Å². The van der Waals surface area contributed by atoms with Crippen LogP contribution < -0.4 is 0 Å². The lowest BCUT2D eigenvalue weighted by Crippen LogP contribution is -2.61. The van der Waals surface area contributed by atoms with Gasteiger partial charge < -0.3 is 4.74 Å². The molecule has 0 fully saturated rings. The third kappa shape index (κ3) is 2.05. The minimum atomic E-state index is -6.94. The lowest BCUT2D eigenvalue weighted by Gasteiger charge is -2.32. The highest BCUT2D eigenvalue weighted by Crippen LogP contribution is 2.53. The Kier molecular flexibility index (Phi) is 3.48. The topological polar surface area (TPSA) is 9.23 Å². The average Bonchev–Trinajstić information content (AvgIpc) is 2.01. The fourth-order valence-corrected chi connectivity index (χ4v) is 0.539. The second-order valence-corrected chi connectivity index (χ2v) is 2.45. The van der Waals surface area contributed by atoms with Crippen LogP contribution in [0.2, 0.25) is 0 Å². The van der Waals surface area contributed by atoms with E-state index in [1.165, 1.54) is 0 Å². The van der Waals surface area contributed by atoms with Crippen molar-refractivity contribution in [2.45, 2.75) is 24.1 Å². The lowest BCUT2D eigenvalue weighted by atomic mass is 10.1. The van der Waals surface area contributed by atoms with E-state index in [4.69, 9.17) is 0 Å². The Hall–Kier alpha value is -1.09. The van der Waals surface area contributed by atoms with Crippen molar-refractivity contribution < 1.29 is 44.3 Å². The van der Waals surface area contributed by atoms with Crippen LogP contribution >= 0.6 is 0 Å². The van der Waals surface area contributed by atoms with E-state index in [-0.39, 0.29) is 6.26 Å². The van der Waals surface area contributed by atoms with Gasteiger partial charge in [-0.1, -0.05) is 6.58 Å². The van der Waals surface area contributed by atoms with Crippen LogP contribution in [0.15, 0.2) is 12.8 Å². The summed E-state index contributed by atoms with van der Waals surface area (Å²) in [6, 6.07) is 0. The molecule has 0 atom stereocenters. The fourth-order valence-electron chi connectivity index (χ4n) is 0.539. The van der Waals surface area contributed by atoms with E-state index >= 15 is 0 Å². The maximum absolute atomic E-state index is 12.3. The summed E-state index contributed by atoms with van der Waals surface area (Å²) in [5, 5.41) is 0. The first-order chi connectivity index (χ1) is 6.81. The highest BCUT2D eigenvalue weighted by atomic mass is 19.4. The summed E-state index contributed by atoms with van der Waals surface area (Å²) in [6.07, 6.45) is -13.3. The van der Waals surface area contributed by atoms with Crippen LogP contribution in [-0.4, -0.2) is 24.1 Å². The van der Waals surface area contributed by atoms with Crippen molar-refractivity contribution >= 4 is 0 Å². The molecule has 0 heterocycles. The summed E-state index contributed by atoms with van der Waals surface area (Å²) in [4.78, 5) is 0. The molecule has 1 nitrogen and oxygen atoms in total. The number of ether oxygens (including phenoxy) is 1. The Bertz CT molecular complexity index is 266. The maximum Gasteiger partial charge on any atom is 0.470 e. The Balaban J connectivity index is 5.42. The first-order valence-corrected chi connectivity index (χ1v) is 3.30. The van der Waals surface area contributed by atoms with Gasteiger partial charge in [-0.15, -0.1) is 0 Å². The van der Waals surface area contributed by atoms with Gasteiger partial charge in [-0.2, -0.15) is 39.5 Å². The van der Waals surface area contributed by atoms with E-state index in [2.05, 4.69) is 11.3 Å². The Morgan fingerprint density at radius 1 is 0.750 bits per heavy atom. The molecular formula is C6H3F9O. The Morgan fingerprint density at radius 3 is 1.38 bits per heavy atom. The van der Waals surface area contributed by atoms with Crippen molar-refractivity contribution in [1.29, 1.82) is 0 Å². The molecule has 0 bridgehead atoms. The summed E-state index contributed by atoms with van der Waals surface area (Å²) in [7, 11) is 0. The molecule has 0 aromatic carbocycles. The van der Waals surface area contributed by atoms with E-state index < -0.39 is 24.1 Å². The third-order valence-electron chi connectivity index (χ3n) is 1.35. The lowest BCUT2D eigenvalue weighted by molar-refractivity contribution is -0.435. The van der Waals surface area contributed by atoms with E-state index in [1.54, 1.807) is 0 Å². The van der Waals surface area contributed by atoms with Gasteiger partial charge in [0.15, 0.2) is 0 Å². The van der Waals surface area contributed by atoms with Crippen molar-refractivity contribution in [3.05, 3.63) is 12.8 Å². The molecule has 96 valence electrons. The van der Waals surface area contributed by atoms with E-state index in [9.17, 15) is 39.5 Å². The SMILES string of the molecule is C=COC(F)(F)C(F)(F)C(F)(F)C(F)(F)F. The quantitative estimate of drug-likeness (QED) is 0.556. The van der Waals surface area contributed by atoms with Gasteiger partial charge >= 0.3 is 24.1 Å². The summed E-state index contributed by atoms with van der Waals surface area (Å²) in [5.74, 6) is -13.7. The molecule has 16 heavy (non-hydrogen) atoms. The van der Waals surface area contributed by atoms with Crippen LogP contribution in [-0.2, 0) is 4.74 Å². The zero-order chi connectivity index (χ0) is 13.4. The van der Waals surface area contributed by atoms with Crippen molar-refractivity contribution in [1.82, 2.24) is 0 Å². The third-order valence-corrected chi connectivity index (χ3v) is 1.35. The summed E-state index contributed by atoms with van der Waals surface area (Å²) in [5.41, 5.74) is 0. The van der Waals surface area contributed by atoms with Gasteiger partial charge in [0.2, 0.25) is 0 Å². The van der Waals surface area contributed by atoms with Crippen LogP contribution in [0.25, 0.3) is 0 Å². The van der Waals surface area contributed by atoms with E-state index in [1.807, 2.05) is 0 Å². The van der Waals surface area contributed by atoms with Crippen LogP contribution in [0.4, 0.5) is 39.5 Å². The normalized spacial score (nSPS) is 14.8. The van der Waals surface area contributed by atoms with Crippen LogP contribution in [0, 0.1) is 0 Å². The number of rotatable bonds is 4. The van der Waals surface area contributed by atoms with Gasteiger partial charge in [0.25, 0.3) is 0 Å². The zero-order valence-corrected chi connectivity index (χ0v) is 7.09. The zero-order valence-electron chi connectivity index (χ0n) is 7.09. The molecule has 0 aliphatic carbocycles. The van der Waals surface area contributed by atoms with Crippen molar-refractivity contribution in [2.75, 3.05) is 0 Å². The molecule has 0 aromatic rings. The highest BCUT2D eigenvalue weighted by Gasteiger charge is 2.83. The maximum atomic E-state index is 12.3. The highest BCUT2D eigenvalue weighted by molar-refractivity contribution is 4.97.